The number of aliphatic carboxylic acids is 1. The van der Waals surface area contributed by atoms with E-state index in [-0.39, 0.29) is 18.1 Å². The van der Waals surface area contributed by atoms with Crippen LogP contribution in [0, 0.1) is 0 Å². The van der Waals surface area contributed by atoms with Crippen molar-refractivity contribution in [2.24, 2.45) is 0 Å². The van der Waals surface area contributed by atoms with Gasteiger partial charge in [0.25, 0.3) is 0 Å². The smallest absolute Gasteiger partial charge is 0.343 e. The summed E-state index contributed by atoms with van der Waals surface area (Å²) in [7, 11) is 1.42. The van der Waals surface area contributed by atoms with Crippen molar-refractivity contribution in [2.75, 3.05) is 13.9 Å². The summed E-state index contributed by atoms with van der Waals surface area (Å²) < 4.78 is 22.9. The Bertz CT molecular complexity index is 340. The van der Waals surface area contributed by atoms with Crippen LogP contribution in [0.15, 0.2) is 24.3 Å². The van der Waals surface area contributed by atoms with E-state index in [0.717, 1.165) is 0 Å². The van der Waals surface area contributed by atoms with E-state index in [0.29, 0.717) is 0 Å². The van der Waals surface area contributed by atoms with Crippen LogP contribution in [0.4, 0.5) is 4.39 Å². The predicted molar refractivity (Wildman–Crippen MR) is 50.4 cm³/mol. The summed E-state index contributed by atoms with van der Waals surface area (Å²) in [4.78, 5) is 10.5. The third kappa shape index (κ3) is 2.92. The minimum absolute atomic E-state index is 0.0120. The zero-order valence-corrected chi connectivity index (χ0v) is 8.14. The Balaban J connectivity index is 2.90. The number of hydrogen-bond acceptors (Lipinski definition) is 3. The number of carboxylic acid groups (broad SMARTS) is 1. The fraction of sp³-hybridized carbons (Fsp3) is 0.300. The Labute approximate surface area is 86.2 Å². The molecule has 4 nitrogen and oxygen atoms in total. The molecule has 1 N–H and O–H groups in total. The first kappa shape index (κ1) is 11.5. The predicted octanol–water partition coefficient (Wildman–Crippen LogP) is 1.76. The van der Waals surface area contributed by atoms with Gasteiger partial charge in [0.2, 0.25) is 6.17 Å². The molecule has 0 aliphatic rings. The number of methoxy groups -OCH3 is 1. The van der Waals surface area contributed by atoms with E-state index in [4.69, 9.17) is 9.84 Å². The molecule has 0 saturated carbocycles. The van der Waals surface area contributed by atoms with Crippen molar-refractivity contribution in [1.82, 2.24) is 0 Å². The molecule has 0 fully saturated rings. The highest BCUT2D eigenvalue weighted by Crippen LogP contribution is 2.27. The van der Waals surface area contributed by atoms with Gasteiger partial charge in [-0.1, -0.05) is 18.2 Å². The van der Waals surface area contributed by atoms with Gasteiger partial charge in [-0.25, -0.2) is 9.18 Å². The second kappa shape index (κ2) is 5.31. The van der Waals surface area contributed by atoms with Gasteiger partial charge in [0, 0.05) is 12.7 Å². The van der Waals surface area contributed by atoms with Crippen molar-refractivity contribution < 1.29 is 23.8 Å². The molecule has 0 aromatic heterocycles. The van der Waals surface area contributed by atoms with Gasteiger partial charge in [-0.3, -0.25) is 0 Å². The van der Waals surface area contributed by atoms with E-state index >= 15 is 0 Å². The van der Waals surface area contributed by atoms with Crippen LogP contribution in [0.1, 0.15) is 11.7 Å². The van der Waals surface area contributed by atoms with Gasteiger partial charge in [0.1, 0.15) is 5.75 Å². The number of rotatable bonds is 5. The molecule has 0 amide bonds. The number of halogens is 1. The normalized spacial score (nSPS) is 12.1. The molecule has 0 saturated heterocycles. The second-order valence-corrected chi connectivity index (χ2v) is 2.79. The summed E-state index contributed by atoms with van der Waals surface area (Å²) in [6.45, 7) is -0.0522. The van der Waals surface area contributed by atoms with Crippen LogP contribution in [-0.4, -0.2) is 25.0 Å². The number of carbonyl (C=O) groups is 1. The maximum absolute atomic E-state index is 13.2. The van der Waals surface area contributed by atoms with Crippen LogP contribution in [0.25, 0.3) is 0 Å². The highest BCUT2D eigenvalue weighted by atomic mass is 19.1. The zero-order valence-electron chi connectivity index (χ0n) is 8.14. The third-order valence-electron chi connectivity index (χ3n) is 1.74. The first-order valence-electron chi connectivity index (χ1n) is 4.24. The molecular formula is C10H11FO4. The first-order valence-corrected chi connectivity index (χ1v) is 4.24. The van der Waals surface area contributed by atoms with Crippen molar-refractivity contribution in [1.29, 1.82) is 0 Å². The molecule has 1 atom stereocenters. The van der Waals surface area contributed by atoms with Crippen molar-refractivity contribution in [3.05, 3.63) is 29.8 Å². The molecule has 0 spiro atoms. The number of hydrogen-bond donors (Lipinski definition) is 1. The maximum Gasteiger partial charge on any atom is 0.343 e. The SMILES string of the molecule is COCOc1ccccc1C(F)C(=O)O. The van der Waals surface area contributed by atoms with Crippen molar-refractivity contribution in [2.45, 2.75) is 6.17 Å². The minimum Gasteiger partial charge on any atom is -0.479 e. The number of para-hydroxylation sites is 1. The lowest BCUT2D eigenvalue weighted by Gasteiger charge is -2.11. The Morgan fingerprint density at radius 2 is 2.20 bits per heavy atom. The van der Waals surface area contributed by atoms with Crippen LogP contribution in [-0.2, 0) is 9.53 Å². The molecule has 1 aromatic carbocycles. The molecule has 1 aromatic rings. The van der Waals surface area contributed by atoms with Gasteiger partial charge in [0.15, 0.2) is 6.79 Å². The second-order valence-electron chi connectivity index (χ2n) is 2.79. The van der Waals surface area contributed by atoms with E-state index < -0.39 is 12.1 Å². The Morgan fingerprint density at radius 3 is 2.80 bits per heavy atom. The quantitative estimate of drug-likeness (QED) is 0.759. The van der Waals surface area contributed by atoms with Crippen LogP contribution < -0.4 is 4.74 Å². The topological polar surface area (TPSA) is 55.8 Å². The molecule has 5 heteroatoms. The average molecular weight is 214 g/mol. The lowest BCUT2D eigenvalue weighted by atomic mass is 10.1. The van der Waals surface area contributed by atoms with E-state index in [1.165, 1.54) is 19.2 Å². The highest BCUT2D eigenvalue weighted by molar-refractivity contribution is 5.75. The van der Waals surface area contributed by atoms with E-state index in [1.54, 1.807) is 12.1 Å². The largest absolute Gasteiger partial charge is 0.479 e. The van der Waals surface area contributed by atoms with Crippen LogP contribution in [0.3, 0.4) is 0 Å². The van der Waals surface area contributed by atoms with Gasteiger partial charge in [-0.05, 0) is 6.07 Å². The van der Waals surface area contributed by atoms with Crippen LogP contribution >= 0.6 is 0 Å². The molecule has 0 heterocycles. The summed E-state index contributed by atoms with van der Waals surface area (Å²) >= 11 is 0. The molecule has 1 rings (SSSR count). The molecule has 15 heavy (non-hydrogen) atoms. The molecule has 0 aliphatic carbocycles. The number of benzene rings is 1. The van der Waals surface area contributed by atoms with Gasteiger partial charge in [-0.15, -0.1) is 0 Å². The highest BCUT2D eigenvalue weighted by Gasteiger charge is 2.22. The summed E-state index contributed by atoms with van der Waals surface area (Å²) in [5.41, 5.74) is -0.0120. The first-order chi connectivity index (χ1) is 7.16. The summed E-state index contributed by atoms with van der Waals surface area (Å²) in [6, 6.07) is 6.03. The summed E-state index contributed by atoms with van der Waals surface area (Å²) in [5, 5.41) is 8.52. The van der Waals surface area contributed by atoms with Gasteiger partial charge >= 0.3 is 5.97 Å². The monoisotopic (exact) mass is 214 g/mol. The molecule has 0 radical (unpaired) electrons. The fourth-order valence-electron chi connectivity index (χ4n) is 1.08. The summed E-state index contributed by atoms with van der Waals surface area (Å²) in [5.74, 6) is -1.36. The molecule has 0 bridgehead atoms. The zero-order chi connectivity index (χ0) is 11.3. The molecule has 82 valence electrons. The Morgan fingerprint density at radius 1 is 1.53 bits per heavy atom. The van der Waals surface area contributed by atoms with E-state index in [2.05, 4.69) is 4.74 Å². The molecule has 0 aliphatic heterocycles. The Kier molecular flexibility index (Phi) is 4.05. The molecule has 1 unspecified atom stereocenters. The maximum atomic E-state index is 13.2. The molecular weight excluding hydrogens is 203 g/mol. The fourth-order valence-corrected chi connectivity index (χ4v) is 1.08. The van der Waals surface area contributed by atoms with E-state index in [9.17, 15) is 9.18 Å². The van der Waals surface area contributed by atoms with Crippen molar-refractivity contribution in [3.8, 4) is 5.75 Å². The lowest BCUT2D eigenvalue weighted by molar-refractivity contribution is -0.143. The van der Waals surface area contributed by atoms with Gasteiger partial charge < -0.3 is 14.6 Å². The van der Waals surface area contributed by atoms with Gasteiger partial charge in [-0.2, -0.15) is 0 Å². The van der Waals surface area contributed by atoms with Crippen LogP contribution in [0.2, 0.25) is 0 Å². The Hall–Kier alpha value is -1.62. The van der Waals surface area contributed by atoms with Crippen molar-refractivity contribution >= 4 is 5.97 Å². The number of ether oxygens (including phenoxy) is 2. The average Bonchev–Trinajstić information content (AvgIpc) is 2.25. The van der Waals surface area contributed by atoms with Gasteiger partial charge in [0.05, 0.1) is 0 Å². The lowest BCUT2D eigenvalue weighted by Crippen LogP contribution is -2.09. The van der Waals surface area contributed by atoms with Crippen molar-refractivity contribution in [3.63, 3.8) is 0 Å². The number of carboxylic acids is 1. The van der Waals surface area contributed by atoms with Crippen LogP contribution in [0.5, 0.6) is 5.75 Å². The van der Waals surface area contributed by atoms with E-state index in [1.807, 2.05) is 0 Å². The third-order valence-corrected chi connectivity index (χ3v) is 1.74. The minimum atomic E-state index is -2.09. The summed E-state index contributed by atoms with van der Waals surface area (Å²) in [6.07, 6.45) is -2.09. The number of alkyl halides is 1. The standard InChI is InChI=1S/C10H11FO4/c1-14-6-15-8-5-3-2-4-7(8)9(11)10(12)13/h2-5,9H,6H2,1H3,(H,12,13).